The van der Waals surface area contributed by atoms with E-state index >= 15 is 0 Å². The zero-order valence-corrected chi connectivity index (χ0v) is 22.2. The van der Waals surface area contributed by atoms with Crippen LogP contribution in [0.15, 0.2) is 97.2 Å². The Morgan fingerprint density at radius 2 is 1.14 bits per heavy atom. The highest BCUT2D eigenvalue weighted by molar-refractivity contribution is 6.32. The van der Waals surface area contributed by atoms with Crippen LogP contribution in [0.2, 0.25) is 0 Å². The minimum atomic E-state index is -4.69. The molecule has 5 aromatic rings. The first kappa shape index (κ1) is 28.6. The molecule has 1 aliphatic carbocycles. The summed E-state index contributed by atoms with van der Waals surface area (Å²) in [5.41, 5.74) is -2.47. The molecule has 44 heavy (non-hydrogen) atoms. The van der Waals surface area contributed by atoms with Gasteiger partial charge in [0, 0.05) is 28.7 Å². The minimum absolute atomic E-state index is 0.0419. The number of carbonyl (C=O) groups is 2. The van der Waals surface area contributed by atoms with Gasteiger partial charge in [-0.05, 0) is 48.5 Å². The van der Waals surface area contributed by atoms with Gasteiger partial charge in [0.05, 0.1) is 33.6 Å². The quantitative estimate of drug-likeness (QED) is 0.192. The van der Waals surface area contributed by atoms with Crippen LogP contribution < -0.4 is 10.6 Å². The van der Waals surface area contributed by atoms with E-state index in [1.165, 1.54) is 36.5 Å². The van der Waals surface area contributed by atoms with Crippen LogP contribution in [0.5, 0.6) is 0 Å². The summed E-state index contributed by atoms with van der Waals surface area (Å²) in [6.07, 6.45) is -7.94. The molecular formula is C32H18F6N4O2. The topological polar surface area (TPSA) is 84.0 Å². The van der Waals surface area contributed by atoms with E-state index in [4.69, 9.17) is 0 Å². The highest BCUT2D eigenvalue weighted by atomic mass is 19.4. The second-order valence-corrected chi connectivity index (χ2v) is 9.76. The van der Waals surface area contributed by atoms with Gasteiger partial charge in [0.2, 0.25) is 0 Å². The van der Waals surface area contributed by atoms with Crippen molar-refractivity contribution in [3.63, 3.8) is 0 Å². The largest absolute Gasteiger partial charge is 0.416 e. The zero-order chi connectivity index (χ0) is 31.2. The molecule has 0 spiro atoms. The fourth-order valence-electron chi connectivity index (χ4n) is 4.91. The Balaban J connectivity index is 1.63. The molecule has 220 valence electrons. The molecular weight excluding hydrogens is 586 g/mol. The van der Waals surface area contributed by atoms with Crippen molar-refractivity contribution in [2.24, 2.45) is 0 Å². The predicted molar refractivity (Wildman–Crippen MR) is 150 cm³/mol. The molecule has 2 N–H and O–H groups in total. The molecule has 6 nitrogen and oxygen atoms in total. The Morgan fingerprint density at radius 3 is 1.68 bits per heavy atom. The van der Waals surface area contributed by atoms with Crippen molar-refractivity contribution in [3.8, 4) is 11.4 Å². The van der Waals surface area contributed by atoms with Crippen LogP contribution in [-0.4, -0.2) is 21.5 Å². The average molecular weight is 605 g/mol. The maximum atomic E-state index is 14.1. The summed E-state index contributed by atoms with van der Waals surface area (Å²) in [7, 11) is 0. The maximum absolute atomic E-state index is 14.1. The SMILES string of the molecule is O=C1c2ccccc2C(=O)c2c(Nc3cccc(C(F)(F)F)c3)c(Nc3cccc(C(F)(F)F)c3)nc(-c3ccccn3)c21. The van der Waals surface area contributed by atoms with Gasteiger partial charge >= 0.3 is 12.4 Å². The molecule has 12 heteroatoms. The molecule has 1 aliphatic rings. The third-order valence-corrected chi connectivity index (χ3v) is 6.89. The van der Waals surface area contributed by atoms with E-state index in [0.717, 1.165) is 36.4 Å². The summed E-state index contributed by atoms with van der Waals surface area (Å²) in [4.78, 5) is 36.8. The lowest BCUT2D eigenvalue weighted by Gasteiger charge is -2.25. The molecule has 6 rings (SSSR count). The third-order valence-electron chi connectivity index (χ3n) is 6.89. The number of alkyl halides is 6. The minimum Gasteiger partial charge on any atom is -0.352 e. The van der Waals surface area contributed by atoms with E-state index in [2.05, 4.69) is 20.6 Å². The van der Waals surface area contributed by atoms with Gasteiger partial charge in [0.25, 0.3) is 0 Å². The Labute approximate surface area is 245 Å². The first-order valence-electron chi connectivity index (χ1n) is 13.0. The fraction of sp³-hybridized carbons (Fsp3) is 0.0625. The van der Waals surface area contributed by atoms with Crippen molar-refractivity contribution < 1.29 is 35.9 Å². The first-order valence-corrected chi connectivity index (χ1v) is 13.0. The van der Waals surface area contributed by atoms with Gasteiger partial charge in [-0.15, -0.1) is 0 Å². The number of benzene rings is 3. The monoisotopic (exact) mass is 604 g/mol. The Kier molecular flexibility index (Phi) is 6.91. The smallest absolute Gasteiger partial charge is 0.352 e. The van der Waals surface area contributed by atoms with Crippen molar-refractivity contribution in [1.29, 1.82) is 0 Å². The summed E-state index contributed by atoms with van der Waals surface area (Å²) in [5, 5.41) is 5.58. The van der Waals surface area contributed by atoms with Crippen LogP contribution in [0.3, 0.4) is 0 Å². The number of fused-ring (bicyclic) bond motifs is 2. The van der Waals surface area contributed by atoms with E-state index in [1.807, 2.05) is 0 Å². The summed E-state index contributed by atoms with van der Waals surface area (Å²) in [6.45, 7) is 0. The van der Waals surface area contributed by atoms with E-state index < -0.39 is 35.0 Å². The highest BCUT2D eigenvalue weighted by Gasteiger charge is 2.38. The van der Waals surface area contributed by atoms with E-state index in [9.17, 15) is 35.9 Å². The number of hydrogen-bond acceptors (Lipinski definition) is 6. The molecule has 0 fully saturated rings. The lowest BCUT2D eigenvalue weighted by atomic mass is 9.82. The van der Waals surface area contributed by atoms with Crippen molar-refractivity contribution in [1.82, 2.24) is 9.97 Å². The normalized spacial score (nSPS) is 12.9. The van der Waals surface area contributed by atoms with Crippen LogP contribution in [0.25, 0.3) is 11.4 Å². The molecule has 0 amide bonds. The maximum Gasteiger partial charge on any atom is 0.416 e. The van der Waals surface area contributed by atoms with Gasteiger partial charge in [0.15, 0.2) is 17.4 Å². The number of rotatable bonds is 5. The number of halogens is 6. The molecule has 2 heterocycles. The lowest BCUT2D eigenvalue weighted by Crippen LogP contribution is -2.25. The van der Waals surface area contributed by atoms with Crippen LogP contribution >= 0.6 is 0 Å². The fourth-order valence-corrected chi connectivity index (χ4v) is 4.91. The standard InChI is InChI=1S/C32H18F6N4O2/c33-31(34,35)17-7-5-9-19(15-17)40-27-25-24(28(43)21-11-1-2-12-22(21)29(25)44)26(23-13-3-4-14-39-23)42-30(27)41-20-10-6-8-18(16-20)32(36,37)38/h1-16,40H,(H,41,42). The van der Waals surface area contributed by atoms with Gasteiger partial charge in [-0.25, -0.2) is 4.98 Å². The number of carbonyl (C=O) groups excluding carboxylic acids is 2. The van der Waals surface area contributed by atoms with E-state index in [-0.39, 0.29) is 56.5 Å². The lowest BCUT2D eigenvalue weighted by molar-refractivity contribution is -0.138. The summed E-state index contributed by atoms with van der Waals surface area (Å²) in [6, 6.07) is 19.1. The Hall–Kier alpha value is -5.52. The number of nitrogens with one attached hydrogen (secondary N) is 2. The van der Waals surface area contributed by atoms with Gasteiger partial charge in [-0.3, -0.25) is 14.6 Å². The summed E-state index contributed by atoms with van der Waals surface area (Å²) < 4.78 is 81.2. The number of nitrogens with zero attached hydrogens (tertiary/aromatic N) is 2. The van der Waals surface area contributed by atoms with Crippen molar-refractivity contribution in [2.45, 2.75) is 12.4 Å². The van der Waals surface area contributed by atoms with Crippen molar-refractivity contribution in [2.75, 3.05) is 10.6 Å². The van der Waals surface area contributed by atoms with Crippen molar-refractivity contribution in [3.05, 3.63) is 131 Å². The summed E-state index contributed by atoms with van der Waals surface area (Å²) >= 11 is 0. The Morgan fingerprint density at radius 1 is 0.591 bits per heavy atom. The molecule has 0 saturated heterocycles. The molecule has 2 aromatic heterocycles. The van der Waals surface area contributed by atoms with E-state index in [0.29, 0.717) is 0 Å². The summed E-state index contributed by atoms with van der Waals surface area (Å²) in [5.74, 6) is -1.45. The highest BCUT2D eigenvalue weighted by Crippen LogP contribution is 2.43. The van der Waals surface area contributed by atoms with Crippen molar-refractivity contribution >= 4 is 34.4 Å². The Bertz CT molecular complexity index is 1940. The van der Waals surface area contributed by atoms with E-state index in [1.54, 1.807) is 24.3 Å². The second kappa shape index (κ2) is 10.6. The number of hydrogen-bond donors (Lipinski definition) is 2. The number of ketones is 2. The average Bonchev–Trinajstić information content (AvgIpc) is 3.00. The molecule has 0 aliphatic heterocycles. The molecule has 0 unspecified atom stereocenters. The third kappa shape index (κ3) is 5.26. The van der Waals surface area contributed by atoms with Crippen LogP contribution in [0, 0.1) is 0 Å². The van der Waals surface area contributed by atoms with Gasteiger partial charge < -0.3 is 10.6 Å². The number of anilines is 4. The molecule has 0 radical (unpaired) electrons. The molecule has 0 atom stereocenters. The number of aromatic nitrogens is 2. The van der Waals surface area contributed by atoms with Gasteiger partial charge in [-0.2, -0.15) is 26.3 Å². The van der Waals surface area contributed by atoms with Crippen LogP contribution in [-0.2, 0) is 12.4 Å². The van der Waals surface area contributed by atoms with Gasteiger partial charge in [-0.1, -0.05) is 42.5 Å². The number of pyridine rings is 2. The predicted octanol–water partition coefficient (Wildman–Crippen LogP) is 8.44. The van der Waals surface area contributed by atoms with Crippen LogP contribution in [0.1, 0.15) is 43.0 Å². The van der Waals surface area contributed by atoms with Crippen LogP contribution in [0.4, 0.5) is 49.2 Å². The molecule has 0 saturated carbocycles. The molecule has 3 aromatic carbocycles. The van der Waals surface area contributed by atoms with Gasteiger partial charge in [0.1, 0.15) is 5.69 Å². The second-order valence-electron chi connectivity index (χ2n) is 9.76. The first-order chi connectivity index (χ1) is 20.9. The zero-order valence-electron chi connectivity index (χ0n) is 22.2. The molecule has 0 bridgehead atoms.